The van der Waals surface area contributed by atoms with Crippen molar-refractivity contribution >= 4 is 0 Å². The molecule has 0 fully saturated rings. The summed E-state index contributed by atoms with van der Waals surface area (Å²) in [4.78, 5) is 4.64. The van der Waals surface area contributed by atoms with Gasteiger partial charge in [-0.15, -0.1) is 0 Å². The normalized spacial score (nSPS) is 11.7. The fourth-order valence-electron chi connectivity index (χ4n) is 2.00. The summed E-state index contributed by atoms with van der Waals surface area (Å²) in [6, 6.07) is 0. The molecule has 0 aliphatic carbocycles. The van der Waals surface area contributed by atoms with E-state index in [0.717, 1.165) is 39.3 Å². The number of aliphatic hydroxyl groups excluding tert-OH is 2. The molecule has 0 bridgehead atoms. The minimum atomic E-state index is 0.235. The molecule has 0 spiro atoms. The van der Waals surface area contributed by atoms with Crippen LogP contribution < -0.4 is 0 Å². The molecule has 0 aliphatic rings. The molecule has 0 aromatic heterocycles. The molecule has 4 heteroatoms. The van der Waals surface area contributed by atoms with Crippen LogP contribution in [0.5, 0.6) is 0 Å². The predicted octanol–water partition coefficient (Wildman–Crippen LogP) is 1.18. The highest BCUT2D eigenvalue weighted by Gasteiger charge is 2.08. The van der Waals surface area contributed by atoms with Gasteiger partial charge in [-0.1, -0.05) is 26.7 Å². The summed E-state index contributed by atoms with van der Waals surface area (Å²) >= 11 is 0. The van der Waals surface area contributed by atoms with Gasteiger partial charge in [-0.05, 0) is 25.9 Å². The fourth-order valence-corrected chi connectivity index (χ4v) is 2.00. The van der Waals surface area contributed by atoms with Crippen molar-refractivity contribution in [3.8, 4) is 0 Å². The lowest BCUT2D eigenvalue weighted by atomic mass is 10.3. The summed E-state index contributed by atoms with van der Waals surface area (Å²) in [5, 5.41) is 18.1. The van der Waals surface area contributed by atoms with E-state index in [2.05, 4.69) is 23.6 Å². The molecular weight excluding hydrogens is 228 g/mol. The van der Waals surface area contributed by atoms with Gasteiger partial charge in [0, 0.05) is 26.2 Å². The van der Waals surface area contributed by atoms with E-state index in [1.165, 1.54) is 25.7 Å². The zero-order chi connectivity index (χ0) is 13.6. The average molecular weight is 260 g/mol. The zero-order valence-corrected chi connectivity index (χ0v) is 12.3. The van der Waals surface area contributed by atoms with Crippen LogP contribution in [0.3, 0.4) is 0 Å². The average Bonchev–Trinajstić information content (AvgIpc) is 2.38. The maximum atomic E-state index is 9.05. The van der Waals surface area contributed by atoms with E-state index in [1.807, 2.05) is 0 Å². The van der Waals surface area contributed by atoms with Crippen molar-refractivity contribution in [2.24, 2.45) is 0 Å². The molecule has 0 aromatic rings. The van der Waals surface area contributed by atoms with Crippen LogP contribution in [-0.4, -0.2) is 72.5 Å². The van der Waals surface area contributed by atoms with E-state index in [4.69, 9.17) is 10.2 Å². The van der Waals surface area contributed by atoms with Gasteiger partial charge in [0.05, 0.1) is 13.2 Å². The molecular formula is C14H32N2O2. The molecule has 0 rings (SSSR count). The van der Waals surface area contributed by atoms with E-state index < -0.39 is 0 Å². The van der Waals surface area contributed by atoms with Crippen molar-refractivity contribution < 1.29 is 10.2 Å². The predicted molar refractivity (Wildman–Crippen MR) is 76.9 cm³/mol. The Morgan fingerprint density at radius 2 is 1.00 bits per heavy atom. The van der Waals surface area contributed by atoms with Crippen LogP contribution in [0.25, 0.3) is 0 Å². The summed E-state index contributed by atoms with van der Waals surface area (Å²) in [5.74, 6) is 0. The quantitative estimate of drug-likeness (QED) is 0.522. The van der Waals surface area contributed by atoms with E-state index in [9.17, 15) is 0 Å². The Hall–Kier alpha value is -0.160. The number of hydrogen-bond donors (Lipinski definition) is 2. The Bertz CT molecular complexity index is 150. The maximum absolute atomic E-state index is 9.05. The summed E-state index contributed by atoms with van der Waals surface area (Å²) in [6.45, 7) is 10.5. The van der Waals surface area contributed by atoms with Crippen LogP contribution in [0.2, 0.25) is 0 Å². The van der Waals surface area contributed by atoms with Gasteiger partial charge in [-0.3, -0.25) is 9.80 Å². The van der Waals surface area contributed by atoms with Crippen LogP contribution in [0.15, 0.2) is 0 Å². The van der Waals surface area contributed by atoms with Crippen LogP contribution in [0, 0.1) is 0 Å². The lowest BCUT2D eigenvalue weighted by molar-refractivity contribution is 0.149. The van der Waals surface area contributed by atoms with E-state index in [0.29, 0.717) is 0 Å². The first-order valence-corrected chi connectivity index (χ1v) is 7.44. The van der Waals surface area contributed by atoms with Crippen LogP contribution >= 0.6 is 0 Å². The number of aliphatic hydroxyl groups is 2. The van der Waals surface area contributed by atoms with E-state index >= 15 is 0 Å². The third kappa shape index (κ3) is 9.83. The second kappa shape index (κ2) is 13.3. The molecule has 0 radical (unpaired) electrons. The topological polar surface area (TPSA) is 46.9 Å². The van der Waals surface area contributed by atoms with E-state index in [-0.39, 0.29) is 13.2 Å². The minimum Gasteiger partial charge on any atom is -0.395 e. The largest absolute Gasteiger partial charge is 0.395 e. The number of rotatable bonds is 13. The van der Waals surface area contributed by atoms with Crippen LogP contribution in [0.4, 0.5) is 0 Å². The van der Waals surface area contributed by atoms with Crippen molar-refractivity contribution in [1.29, 1.82) is 0 Å². The summed E-state index contributed by atoms with van der Waals surface area (Å²) in [6.07, 6.45) is 4.76. The molecule has 0 amide bonds. The third-order valence-corrected chi connectivity index (χ3v) is 3.22. The number of nitrogens with zero attached hydrogens (tertiary/aromatic N) is 2. The molecule has 2 N–H and O–H groups in total. The Kier molecular flexibility index (Phi) is 13.2. The van der Waals surface area contributed by atoms with Gasteiger partial charge >= 0.3 is 0 Å². The zero-order valence-electron chi connectivity index (χ0n) is 12.3. The Balaban J connectivity index is 3.92. The smallest absolute Gasteiger partial charge is 0.0558 e. The van der Waals surface area contributed by atoms with Crippen molar-refractivity contribution in [3.05, 3.63) is 0 Å². The maximum Gasteiger partial charge on any atom is 0.0558 e. The van der Waals surface area contributed by atoms with Crippen molar-refractivity contribution in [1.82, 2.24) is 9.80 Å². The lowest BCUT2D eigenvalue weighted by Crippen LogP contribution is -2.38. The first-order chi connectivity index (χ1) is 8.78. The fraction of sp³-hybridized carbons (Fsp3) is 1.00. The van der Waals surface area contributed by atoms with Gasteiger partial charge < -0.3 is 10.2 Å². The second-order valence-electron chi connectivity index (χ2n) is 4.84. The first kappa shape index (κ1) is 17.8. The highest BCUT2D eigenvalue weighted by atomic mass is 16.3. The van der Waals surface area contributed by atoms with Crippen LogP contribution in [0.1, 0.15) is 39.5 Å². The van der Waals surface area contributed by atoms with Crippen LogP contribution in [-0.2, 0) is 0 Å². The molecule has 4 nitrogen and oxygen atoms in total. The van der Waals surface area contributed by atoms with Crippen molar-refractivity contribution in [2.45, 2.75) is 39.5 Å². The minimum absolute atomic E-state index is 0.235. The Morgan fingerprint density at radius 3 is 1.28 bits per heavy atom. The molecule has 0 saturated carbocycles. The Labute approximate surface area is 113 Å². The highest BCUT2D eigenvalue weighted by molar-refractivity contribution is 4.63. The van der Waals surface area contributed by atoms with Crippen molar-refractivity contribution in [2.75, 3.05) is 52.5 Å². The molecule has 0 aromatic carbocycles. The standard InChI is InChI=1S/C14H32N2O2/c1-3-5-7-15(11-13-17)9-10-16(12-14-18)8-6-4-2/h17-18H,3-14H2,1-2H3. The second-order valence-corrected chi connectivity index (χ2v) is 4.84. The van der Waals surface area contributed by atoms with E-state index in [1.54, 1.807) is 0 Å². The Morgan fingerprint density at radius 1 is 0.611 bits per heavy atom. The first-order valence-electron chi connectivity index (χ1n) is 7.44. The SMILES string of the molecule is CCCCN(CCO)CCN(CCO)CCCC. The van der Waals surface area contributed by atoms with Gasteiger partial charge in [0.2, 0.25) is 0 Å². The lowest BCUT2D eigenvalue weighted by Gasteiger charge is -2.26. The van der Waals surface area contributed by atoms with Gasteiger partial charge in [-0.2, -0.15) is 0 Å². The summed E-state index contributed by atoms with van der Waals surface area (Å²) < 4.78 is 0. The monoisotopic (exact) mass is 260 g/mol. The molecule has 0 aliphatic heterocycles. The van der Waals surface area contributed by atoms with Gasteiger partial charge in [0.15, 0.2) is 0 Å². The van der Waals surface area contributed by atoms with Crippen molar-refractivity contribution in [3.63, 3.8) is 0 Å². The van der Waals surface area contributed by atoms with Gasteiger partial charge in [0.25, 0.3) is 0 Å². The molecule has 0 saturated heterocycles. The summed E-state index contributed by atoms with van der Waals surface area (Å²) in [5.41, 5.74) is 0. The number of unbranched alkanes of at least 4 members (excludes halogenated alkanes) is 2. The van der Waals surface area contributed by atoms with Gasteiger partial charge in [-0.25, -0.2) is 0 Å². The molecule has 18 heavy (non-hydrogen) atoms. The molecule has 0 atom stereocenters. The molecule has 110 valence electrons. The van der Waals surface area contributed by atoms with Gasteiger partial charge in [0.1, 0.15) is 0 Å². The molecule has 0 heterocycles. The summed E-state index contributed by atoms with van der Waals surface area (Å²) in [7, 11) is 0. The third-order valence-electron chi connectivity index (χ3n) is 3.22. The molecule has 0 unspecified atom stereocenters. The highest BCUT2D eigenvalue weighted by Crippen LogP contribution is 1.99. The number of hydrogen-bond acceptors (Lipinski definition) is 4.